The second-order valence-electron chi connectivity index (χ2n) is 3.45. The van der Waals surface area contributed by atoms with Gasteiger partial charge in [0, 0.05) is 13.2 Å². The van der Waals surface area contributed by atoms with Gasteiger partial charge in [-0.25, -0.2) is 0 Å². The number of aromatic nitrogens is 2. The number of hydrogen-bond acceptors (Lipinski definition) is 7. The molecular weight excluding hydrogens is 274 g/mol. The summed E-state index contributed by atoms with van der Waals surface area (Å²) in [6, 6.07) is 0. The van der Waals surface area contributed by atoms with Gasteiger partial charge in [0.15, 0.2) is 4.34 Å². The Morgan fingerprint density at radius 3 is 3.06 bits per heavy atom. The smallest absolute Gasteiger partial charge is 0.313 e. The van der Waals surface area contributed by atoms with Gasteiger partial charge in [-0.1, -0.05) is 36.4 Å². The van der Waals surface area contributed by atoms with Crippen LogP contribution in [0, 0.1) is 0 Å². The van der Waals surface area contributed by atoms with Crippen molar-refractivity contribution in [3.05, 3.63) is 0 Å². The van der Waals surface area contributed by atoms with Crippen molar-refractivity contribution < 1.29 is 14.6 Å². The summed E-state index contributed by atoms with van der Waals surface area (Å²) >= 11 is 2.53. The number of rotatable bonds is 10. The molecule has 1 aromatic heterocycles. The first-order valence-electron chi connectivity index (χ1n) is 5.72. The number of anilines is 1. The molecule has 0 unspecified atom stereocenters. The number of nitrogens with zero attached hydrogens (tertiary/aromatic N) is 2. The lowest BCUT2D eigenvalue weighted by atomic mass is 10.4. The van der Waals surface area contributed by atoms with Gasteiger partial charge in [-0.05, 0) is 6.42 Å². The van der Waals surface area contributed by atoms with E-state index in [4.69, 9.17) is 9.84 Å². The van der Waals surface area contributed by atoms with E-state index in [9.17, 15) is 4.79 Å². The van der Waals surface area contributed by atoms with E-state index in [1.165, 1.54) is 23.1 Å². The molecule has 18 heavy (non-hydrogen) atoms. The second kappa shape index (κ2) is 9.12. The largest absolute Gasteiger partial charge is 0.481 e. The molecule has 0 saturated carbocycles. The molecule has 0 bridgehead atoms. The van der Waals surface area contributed by atoms with Gasteiger partial charge >= 0.3 is 5.97 Å². The molecule has 8 heteroatoms. The molecule has 6 nitrogen and oxygen atoms in total. The number of thioether (sulfide) groups is 1. The Morgan fingerprint density at radius 2 is 2.33 bits per heavy atom. The lowest BCUT2D eigenvalue weighted by Crippen LogP contribution is -2.09. The Balaban J connectivity index is 2.13. The molecule has 0 aromatic carbocycles. The van der Waals surface area contributed by atoms with Crippen LogP contribution in [-0.2, 0) is 9.53 Å². The van der Waals surface area contributed by atoms with Crippen LogP contribution in [0.2, 0.25) is 0 Å². The standard InChI is InChI=1S/C10H17N3O3S2/c1-2-3-5-16-6-4-11-9-12-13-10(18-9)17-7-8(14)15/h2-7H2,1H3,(H,11,12)(H,14,15). The molecule has 0 aliphatic rings. The molecule has 0 atom stereocenters. The fourth-order valence-corrected chi connectivity index (χ4v) is 2.54. The zero-order valence-corrected chi connectivity index (χ0v) is 11.9. The molecule has 102 valence electrons. The Morgan fingerprint density at radius 1 is 1.50 bits per heavy atom. The van der Waals surface area contributed by atoms with Crippen molar-refractivity contribution in [1.82, 2.24) is 10.2 Å². The minimum Gasteiger partial charge on any atom is -0.481 e. The number of nitrogens with one attached hydrogen (secondary N) is 1. The molecule has 1 rings (SSSR count). The van der Waals surface area contributed by atoms with Crippen LogP contribution in [0.1, 0.15) is 19.8 Å². The number of carboxylic acid groups (broad SMARTS) is 1. The zero-order chi connectivity index (χ0) is 13.2. The summed E-state index contributed by atoms with van der Waals surface area (Å²) in [6.45, 7) is 4.23. The second-order valence-corrected chi connectivity index (χ2v) is 5.65. The van der Waals surface area contributed by atoms with E-state index in [1.807, 2.05) is 0 Å². The average Bonchev–Trinajstić information content (AvgIpc) is 2.79. The summed E-state index contributed by atoms with van der Waals surface area (Å²) in [6.07, 6.45) is 2.21. The monoisotopic (exact) mass is 291 g/mol. The first-order chi connectivity index (χ1) is 8.72. The number of aliphatic carboxylic acids is 1. The Hall–Kier alpha value is -0.860. The molecule has 0 amide bonds. The van der Waals surface area contributed by atoms with Gasteiger partial charge in [0.05, 0.1) is 12.4 Å². The lowest BCUT2D eigenvalue weighted by molar-refractivity contribution is -0.133. The number of hydrogen-bond donors (Lipinski definition) is 2. The molecule has 0 saturated heterocycles. The highest BCUT2D eigenvalue weighted by molar-refractivity contribution is 8.01. The molecule has 1 aromatic rings. The highest BCUT2D eigenvalue weighted by Crippen LogP contribution is 2.24. The van der Waals surface area contributed by atoms with Crippen molar-refractivity contribution in [1.29, 1.82) is 0 Å². The Labute approximate surface area is 114 Å². The third-order valence-electron chi connectivity index (χ3n) is 1.89. The van der Waals surface area contributed by atoms with Crippen LogP contribution in [0.4, 0.5) is 5.13 Å². The van der Waals surface area contributed by atoms with Crippen molar-refractivity contribution in [3.8, 4) is 0 Å². The Kier molecular flexibility index (Phi) is 7.70. The number of carboxylic acids is 1. The first-order valence-corrected chi connectivity index (χ1v) is 7.52. The highest BCUT2D eigenvalue weighted by Gasteiger charge is 2.06. The third kappa shape index (κ3) is 6.77. The molecule has 0 spiro atoms. The summed E-state index contributed by atoms with van der Waals surface area (Å²) in [4.78, 5) is 10.4. The minimum atomic E-state index is -0.853. The normalized spacial score (nSPS) is 10.5. The van der Waals surface area contributed by atoms with Crippen molar-refractivity contribution >= 4 is 34.2 Å². The Bertz CT molecular complexity index is 360. The topological polar surface area (TPSA) is 84.3 Å². The van der Waals surface area contributed by atoms with Crippen LogP contribution in [0.15, 0.2) is 4.34 Å². The third-order valence-corrected chi connectivity index (χ3v) is 3.89. The van der Waals surface area contributed by atoms with Gasteiger partial charge in [-0.3, -0.25) is 4.79 Å². The first kappa shape index (κ1) is 15.2. The van der Waals surface area contributed by atoms with Gasteiger partial charge in [-0.2, -0.15) is 0 Å². The van der Waals surface area contributed by atoms with Crippen LogP contribution in [0.3, 0.4) is 0 Å². The maximum Gasteiger partial charge on any atom is 0.313 e. The SMILES string of the molecule is CCCCOCCNc1nnc(SCC(=O)O)s1. The number of unbranched alkanes of at least 4 members (excludes halogenated alkanes) is 1. The number of carbonyl (C=O) groups is 1. The van der Waals surface area contributed by atoms with Crippen LogP contribution in [0.25, 0.3) is 0 Å². The minimum absolute atomic E-state index is 0.00869. The van der Waals surface area contributed by atoms with E-state index in [1.54, 1.807) is 0 Å². The van der Waals surface area contributed by atoms with Crippen molar-refractivity contribution in [2.45, 2.75) is 24.1 Å². The highest BCUT2D eigenvalue weighted by atomic mass is 32.2. The van der Waals surface area contributed by atoms with Crippen molar-refractivity contribution in [2.75, 3.05) is 30.8 Å². The molecular formula is C10H17N3O3S2. The van der Waals surface area contributed by atoms with Crippen molar-refractivity contribution in [2.24, 2.45) is 0 Å². The van der Waals surface area contributed by atoms with E-state index in [2.05, 4.69) is 22.4 Å². The van der Waals surface area contributed by atoms with Crippen molar-refractivity contribution in [3.63, 3.8) is 0 Å². The fourth-order valence-electron chi connectivity index (χ4n) is 1.04. The maximum absolute atomic E-state index is 10.4. The lowest BCUT2D eigenvalue weighted by Gasteiger charge is -2.03. The van der Waals surface area contributed by atoms with Gasteiger partial charge < -0.3 is 15.2 Å². The summed E-state index contributed by atoms with van der Waals surface area (Å²) in [5.74, 6) is -0.844. The predicted molar refractivity (Wildman–Crippen MR) is 72.5 cm³/mol. The quantitative estimate of drug-likeness (QED) is 0.503. The van der Waals surface area contributed by atoms with Gasteiger partial charge in [0.1, 0.15) is 0 Å². The van der Waals surface area contributed by atoms with Gasteiger partial charge in [0.2, 0.25) is 5.13 Å². The van der Waals surface area contributed by atoms with E-state index in [-0.39, 0.29) is 5.75 Å². The molecule has 2 N–H and O–H groups in total. The molecule has 0 fully saturated rings. The molecule has 1 heterocycles. The maximum atomic E-state index is 10.4. The predicted octanol–water partition coefficient (Wildman–Crippen LogP) is 1.94. The summed E-state index contributed by atoms with van der Waals surface area (Å²) in [5.41, 5.74) is 0. The number of ether oxygens (including phenoxy) is 1. The molecule has 0 radical (unpaired) electrons. The fraction of sp³-hybridized carbons (Fsp3) is 0.700. The van der Waals surface area contributed by atoms with E-state index >= 15 is 0 Å². The molecule has 0 aliphatic carbocycles. The van der Waals surface area contributed by atoms with E-state index in [0.29, 0.717) is 22.6 Å². The van der Waals surface area contributed by atoms with Crippen LogP contribution in [0.5, 0.6) is 0 Å². The van der Waals surface area contributed by atoms with Crippen LogP contribution < -0.4 is 5.32 Å². The summed E-state index contributed by atoms with van der Waals surface area (Å²) < 4.78 is 6.05. The van der Waals surface area contributed by atoms with Crippen LogP contribution >= 0.6 is 23.1 Å². The van der Waals surface area contributed by atoms with Gasteiger partial charge in [-0.15, -0.1) is 10.2 Å². The van der Waals surface area contributed by atoms with E-state index < -0.39 is 5.97 Å². The zero-order valence-electron chi connectivity index (χ0n) is 10.2. The van der Waals surface area contributed by atoms with Crippen LogP contribution in [-0.4, -0.2) is 46.8 Å². The van der Waals surface area contributed by atoms with E-state index in [0.717, 1.165) is 19.4 Å². The van der Waals surface area contributed by atoms with Gasteiger partial charge in [0.25, 0.3) is 0 Å². The summed E-state index contributed by atoms with van der Waals surface area (Å²) in [7, 11) is 0. The average molecular weight is 291 g/mol. The summed E-state index contributed by atoms with van der Waals surface area (Å²) in [5, 5.41) is 20.1. The molecule has 0 aliphatic heterocycles.